The Bertz CT molecular complexity index is 505. The van der Waals surface area contributed by atoms with Gasteiger partial charge in [0.1, 0.15) is 0 Å². The second-order valence-electron chi connectivity index (χ2n) is 3.14. The third-order valence-electron chi connectivity index (χ3n) is 2.16. The van der Waals surface area contributed by atoms with Crippen molar-refractivity contribution in [3.05, 3.63) is 29.4 Å². The van der Waals surface area contributed by atoms with E-state index in [1.165, 1.54) is 5.56 Å². The lowest BCUT2D eigenvalue weighted by Crippen LogP contribution is -2.10. The Morgan fingerprint density at radius 1 is 1.38 bits per heavy atom. The normalized spacial score (nSPS) is 12.7. The van der Waals surface area contributed by atoms with Crippen molar-refractivity contribution in [2.75, 3.05) is 7.05 Å². The molecule has 2 rings (SSSR count). The molecule has 0 radical (unpaired) electrons. The largest absolute Gasteiger partial charge is 0.424 e. The lowest BCUT2D eigenvalue weighted by Gasteiger charge is -1.92. The minimum Gasteiger partial charge on any atom is -0.424 e. The summed E-state index contributed by atoms with van der Waals surface area (Å²) in [5.74, 6) is 0. The van der Waals surface area contributed by atoms with Crippen molar-refractivity contribution in [1.29, 1.82) is 0 Å². The summed E-state index contributed by atoms with van der Waals surface area (Å²) in [4.78, 5) is 4.03. The van der Waals surface area contributed by atoms with E-state index in [-0.39, 0.29) is 0 Å². The summed E-state index contributed by atoms with van der Waals surface area (Å²) in [6.07, 6.45) is 0. The molecule has 1 aromatic carbocycles. The number of hydrogen-bond donors (Lipinski definition) is 0. The van der Waals surface area contributed by atoms with Crippen molar-refractivity contribution in [2.24, 2.45) is 12.0 Å². The second kappa shape index (κ2) is 2.76. The predicted octanol–water partition coefficient (Wildman–Crippen LogP) is 1.61. The molecule has 2 aromatic rings. The maximum absolute atomic E-state index is 5.53. The van der Waals surface area contributed by atoms with Crippen LogP contribution in [0.5, 0.6) is 0 Å². The summed E-state index contributed by atoms with van der Waals surface area (Å²) in [6, 6.07) is 6.13. The summed E-state index contributed by atoms with van der Waals surface area (Å²) in [5.41, 5.74) is 3.82. The molecular formula is C10H12N2O. The van der Waals surface area contributed by atoms with Crippen LogP contribution in [0.4, 0.5) is 0 Å². The molecule has 3 nitrogen and oxygen atoms in total. The van der Waals surface area contributed by atoms with E-state index in [1.54, 1.807) is 7.05 Å². The van der Waals surface area contributed by atoms with Crippen molar-refractivity contribution in [1.82, 2.24) is 4.57 Å². The van der Waals surface area contributed by atoms with Gasteiger partial charge in [-0.1, -0.05) is 6.07 Å². The van der Waals surface area contributed by atoms with Crippen LogP contribution in [0.25, 0.3) is 11.1 Å². The summed E-state index contributed by atoms with van der Waals surface area (Å²) < 4.78 is 7.46. The highest BCUT2D eigenvalue weighted by atomic mass is 16.3. The number of benzene rings is 1. The molecule has 0 atom stereocenters. The van der Waals surface area contributed by atoms with Crippen molar-refractivity contribution >= 4 is 11.1 Å². The highest BCUT2D eigenvalue weighted by Gasteiger charge is 2.02. The lowest BCUT2D eigenvalue weighted by atomic mass is 10.2. The second-order valence-corrected chi connectivity index (χ2v) is 3.14. The van der Waals surface area contributed by atoms with Crippen molar-refractivity contribution in [2.45, 2.75) is 6.92 Å². The maximum Gasteiger partial charge on any atom is 0.297 e. The standard InChI is InChI=1S/C10H12N2O/c1-7-4-5-8-9(6-7)13-10(11-2)12(8)3/h4-6H,1-3H3. The molecule has 0 aliphatic rings. The molecule has 0 fully saturated rings. The third-order valence-corrected chi connectivity index (χ3v) is 2.16. The minimum absolute atomic E-state index is 0.653. The Morgan fingerprint density at radius 2 is 2.15 bits per heavy atom. The summed E-state index contributed by atoms with van der Waals surface area (Å²) >= 11 is 0. The Labute approximate surface area is 76.3 Å². The van der Waals surface area contributed by atoms with Crippen LogP contribution in [0.2, 0.25) is 0 Å². The molecule has 0 amide bonds. The zero-order chi connectivity index (χ0) is 9.42. The summed E-state index contributed by atoms with van der Waals surface area (Å²) in [6.45, 7) is 2.05. The molecule has 3 heteroatoms. The monoisotopic (exact) mass is 176 g/mol. The Balaban J connectivity index is 2.93. The van der Waals surface area contributed by atoms with Gasteiger partial charge in [0.05, 0.1) is 5.52 Å². The molecule has 0 aliphatic heterocycles. The minimum atomic E-state index is 0.653. The van der Waals surface area contributed by atoms with E-state index in [0.29, 0.717) is 5.68 Å². The van der Waals surface area contributed by atoms with Crippen LogP contribution in [0, 0.1) is 6.92 Å². The quantitative estimate of drug-likeness (QED) is 0.599. The number of oxazole rings is 1. The Kier molecular flexibility index (Phi) is 1.72. The molecule has 0 saturated heterocycles. The van der Waals surface area contributed by atoms with Crippen LogP contribution in [0.15, 0.2) is 27.6 Å². The Morgan fingerprint density at radius 3 is 2.85 bits per heavy atom. The number of rotatable bonds is 0. The van der Waals surface area contributed by atoms with Gasteiger partial charge in [0.25, 0.3) is 5.68 Å². The predicted molar refractivity (Wildman–Crippen MR) is 51.4 cm³/mol. The van der Waals surface area contributed by atoms with Gasteiger partial charge < -0.3 is 4.42 Å². The number of nitrogens with zero attached hydrogens (tertiary/aromatic N) is 2. The van der Waals surface area contributed by atoms with Gasteiger partial charge in [-0.2, -0.15) is 0 Å². The zero-order valence-electron chi connectivity index (χ0n) is 8.03. The molecule has 0 bridgehead atoms. The average molecular weight is 176 g/mol. The fraction of sp³-hybridized carbons (Fsp3) is 0.300. The fourth-order valence-corrected chi connectivity index (χ4v) is 1.45. The molecule has 0 aliphatic carbocycles. The SMILES string of the molecule is CN=c1oc2cc(C)ccc2n1C. The summed E-state index contributed by atoms with van der Waals surface area (Å²) in [7, 11) is 3.67. The van der Waals surface area contributed by atoms with E-state index in [4.69, 9.17) is 4.42 Å². The van der Waals surface area contributed by atoms with Crippen LogP contribution in [0.1, 0.15) is 5.56 Å². The van der Waals surface area contributed by atoms with Gasteiger partial charge in [-0.15, -0.1) is 0 Å². The van der Waals surface area contributed by atoms with Gasteiger partial charge in [-0.3, -0.25) is 4.57 Å². The van der Waals surface area contributed by atoms with Crippen LogP contribution >= 0.6 is 0 Å². The maximum atomic E-state index is 5.53. The number of fused-ring (bicyclic) bond motifs is 1. The highest BCUT2D eigenvalue weighted by molar-refractivity contribution is 5.73. The summed E-state index contributed by atoms with van der Waals surface area (Å²) in [5, 5.41) is 0. The molecule has 1 aromatic heterocycles. The molecule has 0 unspecified atom stereocenters. The lowest BCUT2D eigenvalue weighted by molar-refractivity contribution is 0.505. The molecular weight excluding hydrogens is 164 g/mol. The van der Waals surface area contributed by atoms with Crippen LogP contribution in [-0.4, -0.2) is 11.6 Å². The van der Waals surface area contributed by atoms with Gasteiger partial charge in [0.2, 0.25) is 0 Å². The molecule has 13 heavy (non-hydrogen) atoms. The van der Waals surface area contributed by atoms with E-state index in [1.807, 2.05) is 30.7 Å². The van der Waals surface area contributed by atoms with E-state index >= 15 is 0 Å². The Hall–Kier alpha value is -1.51. The first-order chi connectivity index (χ1) is 6.22. The van der Waals surface area contributed by atoms with E-state index < -0.39 is 0 Å². The molecule has 0 spiro atoms. The van der Waals surface area contributed by atoms with E-state index in [0.717, 1.165) is 11.1 Å². The van der Waals surface area contributed by atoms with E-state index in [2.05, 4.69) is 11.1 Å². The highest BCUT2D eigenvalue weighted by Crippen LogP contribution is 2.13. The topological polar surface area (TPSA) is 30.4 Å². The number of aromatic nitrogens is 1. The van der Waals surface area contributed by atoms with Gasteiger partial charge in [-0.05, 0) is 24.6 Å². The van der Waals surface area contributed by atoms with Gasteiger partial charge >= 0.3 is 0 Å². The van der Waals surface area contributed by atoms with Gasteiger partial charge in [0.15, 0.2) is 5.58 Å². The van der Waals surface area contributed by atoms with E-state index in [9.17, 15) is 0 Å². The first-order valence-electron chi connectivity index (χ1n) is 4.21. The molecule has 0 N–H and O–H groups in total. The van der Waals surface area contributed by atoms with Gasteiger partial charge in [0, 0.05) is 14.1 Å². The fourth-order valence-electron chi connectivity index (χ4n) is 1.45. The molecule has 68 valence electrons. The molecule has 1 heterocycles. The first kappa shape index (κ1) is 8.10. The van der Waals surface area contributed by atoms with Crippen LogP contribution in [0.3, 0.4) is 0 Å². The molecule has 0 saturated carbocycles. The van der Waals surface area contributed by atoms with Crippen LogP contribution in [-0.2, 0) is 7.05 Å². The van der Waals surface area contributed by atoms with Crippen molar-refractivity contribution in [3.63, 3.8) is 0 Å². The zero-order valence-corrected chi connectivity index (χ0v) is 8.03. The first-order valence-corrected chi connectivity index (χ1v) is 4.21. The smallest absolute Gasteiger partial charge is 0.297 e. The van der Waals surface area contributed by atoms with Crippen molar-refractivity contribution < 1.29 is 4.42 Å². The van der Waals surface area contributed by atoms with Gasteiger partial charge in [-0.25, -0.2) is 4.99 Å². The third kappa shape index (κ3) is 1.16. The number of aryl methyl sites for hydroxylation is 2. The van der Waals surface area contributed by atoms with Crippen LogP contribution < -0.4 is 5.68 Å². The number of hydrogen-bond acceptors (Lipinski definition) is 2. The van der Waals surface area contributed by atoms with Crippen molar-refractivity contribution in [3.8, 4) is 0 Å². The average Bonchev–Trinajstić information content (AvgIpc) is 2.42.